The van der Waals surface area contributed by atoms with Crippen molar-refractivity contribution in [2.75, 3.05) is 20.3 Å². The van der Waals surface area contributed by atoms with E-state index in [1.807, 2.05) is 37.4 Å². The normalized spacial score (nSPS) is 16.8. The van der Waals surface area contributed by atoms with Crippen LogP contribution in [0.2, 0.25) is 0 Å². The van der Waals surface area contributed by atoms with Gasteiger partial charge >= 0.3 is 0 Å². The molecular formula is C22H23F2N3O. The molecule has 1 aliphatic rings. The van der Waals surface area contributed by atoms with Crippen LogP contribution in [-0.2, 0) is 11.3 Å². The van der Waals surface area contributed by atoms with E-state index in [0.29, 0.717) is 12.6 Å². The van der Waals surface area contributed by atoms with Crippen LogP contribution in [0.1, 0.15) is 17.5 Å². The summed E-state index contributed by atoms with van der Waals surface area (Å²) in [5, 5.41) is 4.68. The summed E-state index contributed by atoms with van der Waals surface area (Å²) in [5.41, 5.74) is 4.14. The molecule has 4 rings (SSSR count). The lowest BCUT2D eigenvalue weighted by molar-refractivity contribution is 0.156. The zero-order valence-corrected chi connectivity index (χ0v) is 16.0. The number of likely N-dealkylation sites (N-methyl/N-ethyl adjacent to an activating group) is 1. The highest BCUT2D eigenvalue weighted by Gasteiger charge is 2.23. The first-order chi connectivity index (χ1) is 13.5. The van der Waals surface area contributed by atoms with Crippen molar-refractivity contribution in [2.45, 2.75) is 25.9 Å². The summed E-state index contributed by atoms with van der Waals surface area (Å²) < 4.78 is 34.7. The molecule has 1 aromatic heterocycles. The van der Waals surface area contributed by atoms with Crippen LogP contribution in [0.3, 0.4) is 0 Å². The highest BCUT2D eigenvalue weighted by atomic mass is 19.1. The summed E-state index contributed by atoms with van der Waals surface area (Å²) in [7, 11) is 2.07. The van der Waals surface area contributed by atoms with Crippen molar-refractivity contribution in [2.24, 2.45) is 0 Å². The fourth-order valence-electron chi connectivity index (χ4n) is 3.65. The predicted molar refractivity (Wildman–Crippen MR) is 104 cm³/mol. The second-order valence-corrected chi connectivity index (χ2v) is 7.29. The number of halogens is 2. The van der Waals surface area contributed by atoms with Crippen molar-refractivity contribution >= 4 is 0 Å². The highest BCUT2D eigenvalue weighted by Crippen LogP contribution is 2.29. The Labute approximate surface area is 163 Å². The number of ether oxygens (including phenoxy) is 1. The number of benzene rings is 2. The molecular weight excluding hydrogens is 360 g/mol. The summed E-state index contributed by atoms with van der Waals surface area (Å²) >= 11 is 0. The van der Waals surface area contributed by atoms with Gasteiger partial charge in [0.15, 0.2) is 5.82 Å². The zero-order valence-electron chi connectivity index (χ0n) is 16.0. The van der Waals surface area contributed by atoms with Gasteiger partial charge in [0.05, 0.1) is 12.3 Å². The molecule has 0 spiro atoms. The minimum atomic E-state index is -0.636. The van der Waals surface area contributed by atoms with E-state index in [1.165, 1.54) is 16.8 Å². The molecule has 0 bridgehead atoms. The number of aromatic nitrogens is 2. The first-order valence-electron chi connectivity index (χ1n) is 9.41. The highest BCUT2D eigenvalue weighted by molar-refractivity contribution is 5.66. The van der Waals surface area contributed by atoms with Crippen molar-refractivity contribution in [1.29, 1.82) is 0 Å². The van der Waals surface area contributed by atoms with Gasteiger partial charge in [0.25, 0.3) is 0 Å². The minimum Gasteiger partial charge on any atom is -0.380 e. The van der Waals surface area contributed by atoms with Crippen LogP contribution in [0.4, 0.5) is 8.78 Å². The third kappa shape index (κ3) is 3.70. The molecule has 0 radical (unpaired) electrons. The molecule has 28 heavy (non-hydrogen) atoms. The second kappa shape index (κ2) is 7.81. The number of aryl methyl sites for hydroxylation is 1. The third-order valence-electron chi connectivity index (χ3n) is 5.30. The molecule has 1 saturated heterocycles. The van der Waals surface area contributed by atoms with Gasteiger partial charge in [0, 0.05) is 42.6 Å². The lowest BCUT2D eigenvalue weighted by Crippen LogP contribution is -2.31. The monoisotopic (exact) mass is 383 g/mol. The number of nitrogens with zero attached hydrogens (tertiary/aromatic N) is 3. The van der Waals surface area contributed by atoms with Crippen LogP contribution in [0.25, 0.3) is 16.9 Å². The molecule has 1 unspecified atom stereocenters. The maximum absolute atomic E-state index is 14.3. The van der Waals surface area contributed by atoms with Gasteiger partial charge in [-0.05, 0) is 38.1 Å². The smallest absolute Gasteiger partial charge is 0.151 e. The lowest BCUT2D eigenvalue weighted by atomic mass is 10.0. The van der Waals surface area contributed by atoms with Crippen molar-refractivity contribution in [3.8, 4) is 16.9 Å². The first-order valence-corrected chi connectivity index (χ1v) is 9.41. The molecule has 6 heteroatoms. The molecule has 4 nitrogen and oxygen atoms in total. The van der Waals surface area contributed by atoms with E-state index in [1.54, 1.807) is 0 Å². The Morgan fingerprint density at radius 1 is 1.21 bits per heavy atom. The van der Waals surface area contributed by atoms with Gasteiger partial charge in [-0.1, -0.05) is 24.3 Å². The molecule has 0 amide bonds. The third-order valence-corrected chi connectivity index (χ3v) is 5.30. The van der Waals surface area contributed by atoms with Crippen molar-refractivity contribution in [3.63, 3.8) is 0 Å². The van der Waals surface area contributed by atoms with E-state index >= 15 is 0 Å². The SMILES string of the molecule is Cc1ccccc1-c1nn(-c2ccc(F)cc2F)cc1CN(C)C1CCOC1. The van der Waals surface area contributed by atoms with Crippen LogP contribution >= 0.6 is 0 Å². The molecule has 2 aromatic carbocycles. The van der Waals surface area contributed by atoms with E-state index in [2.05, 4.69) is 17.0 Å². The van der Waals surface area contributed by atoms with E-state index in [-0.39, 0.29) is 5.69 Å². The van der Waals surface area contributed by atoms with Crippen LogP contribution in [0, 0.1) is 18.6 Å². The van der Waals surface area contributed by atoms with Gasteiger partial charge in [0.1, 0.15) is 11.5 Å². The summed E-state index contributed by atoms with van der Waals surface area (Å²) in [6.45, 7) is 4.20. The number of hydrogen-bond donors (Lipinski definition) is 0. The van der Waals surface area contributed by atoms with Crippen molar-refractivity contribution in [1.82, 2.24) is 14.7 Å². The van der Waals surface area contributed by atoms with Crippen molar-refractivity contribution < 1.29 is 13.5 Å². The molecule has 2 heterocycles. The Bertz CT molecular complexity index is 980. The molecule has 1 atom stereocenters. The van der Waals surface area contributed by atoms with Crippen LogP contribution in [0.15, 0.2) is 48.7 Å². The fourth-order valence-corrected chi connectivity index (χ4v) is 3.65. The maximum atomic E-state index is 14.3. The van der Waals surface area contributed by atoms with Gasteiger partial charge in [-0.25, -0.2) is 13.5 Å². The van der Waals surface area contributed by atoms with Gasteiger partial charge in [-0.3, -0.25) is 4.90 Å². The Kier molecular flexibility index (Phi) is 5.24. The predicted octanol–water partition coefficient (Wildman–Crippen LogP) is 4.35. The van der Waals surface area contributed by atoms with Gasteiger partial charge < -0.3 is 4.74 Å². The van der Waals surface area contributed by atoms with Crippen LogP contribution < -0.4 is 0 Å². The average molecular weight is 383 g/mol. The Hall–Kier alpha value is -2.57. The quantitative estimate of drug-likeness (QED) is 0.656. The van der Waals surface area contributed by atoms with Gasteiger partial charge in [-0.2, -0.15) is 5.10 Å². The molecule has 0 aliphatic carbocycles. The first kappa shape index (κ1) is 18.8. The Morgan fingerprint density at radius 3 is 2.75 bits per heavy atom. The van der Waals surface area contributed by atoms with Crippen LogP contribution in [-0.4, -0.2) is 41.0 Å². The summed E-state index contributed by atoms with van der Waals surface area (Å²) in [4.78, 5) is 2.25. The lowest BCUT2D eigenvalue weighted by Gasteiger charge is -2.22. The van der Waals surface area contributed by atoms with Gasteiger partial charge in [-0.15, -0.1) is 0 Å². The maximum Gasteiger partial charge on any atom is 0.151 e. The summed E-state index contributed by atoms with van der Waals surface area (Å²) in [6.07, 6.45) is 2.83. The standard InChI is InChI=1S/C22H23F2N3O/c1-15-5-3-4-6-19(15)22-16(12-26(2)18-9-10-28-14-18)13-27(25-22)21-8-7-17(23)11-20(21)24/h3-8,11,13,18H,9-10,12,14H2,1-2H3. The number of rotatable bonds is 5. The Balaban J connectivity index is 1.76. The zero-order chi connectivity index (χ0) is 19.7. The van der Waals surface area contributed by atoms with Crippen molar-refractivity contribution in [3.05, 3.63) is 71.4 Å². The molecule has 146 valence electrons. The summed E-state index contributed by atoms with van der Waals surface area (Å²) in [5.74, 6) is -1.24. The molecule has 3 aromatic rings. The Morgan fingerprint density at radius 2 is 2.04 bits per heavy atom. The minimum absolute atomic E-state index is 0.231. The van der Waals surface area contributed by atoms with E-state index in [9.17, 15) is 8.78 Å². The largest absolute Gasteiger partial charge is 0.380 e. The molecule has 0 saturated carbocycles. The van der Waals surface area contributed by atoms with E-state index < -0.39 is 11.6 Å². The topological polar surface area (TPSA) is 30.3 Å². The second-order valence-electron chi connectivity index (χ2n) is 7.29. The average Bonchev–Trinajstić information content (AvgIpc) is 3.32. The molecule has 0 N–H and O–H groups in total. The van der Waals surface area contributed by atoms with Gasteiger partial charge in [0.2, 0.25) is 0 Å². The molecule has 1 fully saturated rings. The fraction of sp³-hybridized carbons (Fsp3) is 0.318. The number of hydrogen-bond acceptors (Lipinski definition) is 3. The van der Waals surface area contributed by atoms with E-state index in [0.717, 1.165) is 48.1 Å². The molecule has 1 aliphatic heterocycles. The summed E-state index contributed by atoms with van der Waals surface area (Å²) in [6, 6.07) is 11.9. The van der Waals surface area contributed by atoms with E-state index in [4.69, 9.17) is 4.74 Å². The van der Waals surface area contributed by atoms with Crippen LogP contribution in [0.5, 0.6) is 0 Å².